The molecule has 0 aliphatic heterocycles. The minimum atomic E-state index is -0.581. The Kier molecular flexibility index (Phi) is 5.21. The molecule has 1 atom stereocenters. The second-order valence-corrected chi connectivity index (χ2v) is 6.83. The predicted molar refractivity (Wildman–Crippen MR) is 103 cm³/mol. The molecule has 3 nitrogen and oxygen atoms in total. The molecule has 3 aromatic rings. The van der Waals surface area contributed by atoms with E-state index in [1.165, 1.54) is 0 Å². The summed E-state index contributed by atoms with van der Waals surface area (Å²) in [5, 5.41) is 10.4. The largest absolute Gasteiger partial charge is 0.506 e. The Morgan fingerprint density at radius 3 is 2.08 bits per heavy atom. The summed E-state index contributed by atoms with van der Waals surface area (Å²) in [4.78, 5) is 10.6. The third kappa shape index (κ3) is 3.28. The lowest BCUT2D eigenvalue weighted by Crippen LogP contribution is -2.25. The summed E-state index contributed by atoms with van der Waals surface area (Å²) in [6.07, 6.45) is 0. The first-order valence-corrected chi connectivity index (χ1v) is 8.67. The quantitative estimate of drug-likeness (QED) is 0.459. The van der Waals surface area contributed by atoms with Gasteiger partial charge in [-0.05, 0) is 47.9 Å². The fourth-order valence-corrected chi connectivity index (χ4v) is 3.45. The smallest absolute Gasteiger partial charge is 0.298 e. The zero-order valence-corrected chi connectivity index (χ0v) is 15.5. The van der Waals surface area contributed by atoms with Crippen LogP contribution in [0.1, 0.15) is 23.6 Å². The molecule has 0 heterocycles. The number of aromatic hydroxyl groups is 1. The highest BCUT2D eigenvalue weighted by atomic mass is 35.5. The molecule has 0 radical (unpaired) electrons. The van der Waals surface area contributed by atoms with Gasteiger partial charge in [0.1, 0.15) is 11.5 Å². The van der Waals surface area contributed by atoms with Gasteiger partial charge in [0.05, 0.1) is 10.0 Å². The van der Waals surface area contributed by atoms with Crippen LogP contribution in [0.3, 0.4) is 0 Å². The molecule has 0 spiro atoms. The summed E-state index contributed by atoms with van der Waals surface area (Å²) in [5.41, 5.74) is 2.24. The number of phenolic OH excluding ortho intramolecular Hbond substituents is 1. The van der Waals surface area contributed by atoms with Gasteiger partial charge in [-0.15, -0.1) is 0 Å². The fourth-order valence-electron chi connectivity index (χ4n) is 3.05. The van der Waals surface area contributed by atoms with Crippen LogP contribution in [0.15, 0.2) is 66.7 Å². The molecule has 3 aromatic carbocycles. The van der Waals surface area contributed by atoms with Gasteiger partial charge in [-0.25, -0.2) is 0 Å². The zero-order valence-electron chi connectivity index (χ0n) is 13.9. The van der Waals surface area contributed by atoms with E-state index >= 15 is 0 Å². The lowest BCUT2D eigenvalue weighted by Gasteiger charge is -2.32. The minimum absolute atomic E-state index is 0.0265. The summed E-state index contributed by atoms with van der Waals surface area (Å²) in [7, 11) is 0. The van der Waals surface area contributed by atoms with E-state index in [0.717, 1.165) is 16.7 Å². The van der Waals surface area contributed by atoms with Crippen molar-refractivity contribution in [2.45, 2.75) is 12.3 Å². The van der Waals surface area contributed by atoms with E-state index < -0.39 is 5.41 Å². The average molecular weight is 387 g/mol. The highest BCUT2D eigenvalue weighted by Gasteiger charge is 2.32. The maximum absolute atomic E-state index is 10.6. The lowest BCUT2D eigenvalue weighted by molar-refractivity contribution is -0.120. The third-order valence-electron chi connectivity index (χ3n) is 4.56. The van der Waals surface area contributed by atoms with Crippen LogP contribution in [-0.4, -0.2) is 11.6 Å². The maximum atomic E-state index is 10.6. The summed E-state index contributed by atoms with van der Waals surface area (Å²) < 4.78 is 4.88. The zero-order chi connectivity index (χ0) is 18.7. The monoisotopic (exact) mass is 386 g/mol. The van der Waals surface area contributed by atoms with Gasteiger partial charge in [-0.3, -0.25) is 4.79 Å². The molecule has 0 fully saturated rings. The predicted octanol–water partition coefficient (Wildman–Crippen LogP) is 5.59. The third-order valence-corrected chi connectivity index (χ3v) is 5.16. The lowest BCUT2D eigenvalue weighted by atomic mass is 9.71. The Labute approximate surface area is 161 Å². The fraction of sp³-hybridized carbons (Fsp3) is 0.0952. The van der Waals surface area contributed by atoms with Gasteiger partial charge in [0.15, 0.2) is 0 Å². The topological polar surface area (TPSA) is 46.5 Å². The van der Waals surface area contributed by atoms with Crippen LogP contribution in [0.2, 0.25) is 10.0 Å². The van der Waals surface area contributed by atoms with E-state index in [-0.39, 0.29) is 10.8 Å². The first-order chi connectivity index (χ1) is 12.5. The number of benzene rings is 3. The molecule has 5 heteroatoms. The Balaban J connectivity index is 2.23. The Bertz CT molecular complexity index is 941. The summed E-state index contributed by atoms with van der Waals surface area (Å²) in [5.74, 6) is 0.322. The van der Waals surface area contributed by atoms with Gasteiger partial charge in [-0.1, -0.05) is 65.7 Å². The molecule has 0 aliphatic carbocycles. The van der Waals surface area contributed by atoms with Crippen molar-refractivity contribution in [3.63, 3.8) is 0 Å². The van der Waals surface area contributed by atoms with Crippen LogP contribution < -0.4 is 4.74 Å². The van der Waals surface area contributed by atoms with E-state index in [0.29, 0.717) is 17.2 Å². The molecule has 3 rings (SSSR count). The van der Waals surface area contributed by atoms with Gasteiger partial charge in [-0.2, -0.15) is 0 Å². The Morgan fingerprint density at radius 2 is 1.50 bits per heavy atom. The summed E-state index contributed by atoms with van der Waals surface area (Å²) in [6.45, 7) is 2.40. The Morgan fingerprint density at radius 1 is 0.885 bits per heavy atom. The molecule has 0 bridgehead atoms. The molecule has 1 unspecified atom stereocenters. The molecule has 26 heavy (non-hydrogen) atoms. The Hall–Kier alpha value is -2.49. The number of hydrogen-bond donors (Lipinski definition) is 1. The van der Waals surface area contributed by atoms with E-state index in [1.54, 1.807) is 24.3 Å². The maximum Gasteiger partial charge on any atom is 0.298 e. The van der Waals surface area contributed by atoms with Gasteiger partial charge in [0.2, 0.25) is 0 Å². The number of carbonyl (C=O) groups is 1. The van der Waals surface area contributed by atoms with Crippen molar-refractivity contribution in [3.05, 3.63) is 93.5 Å². The van der Waals surface area contributed by atoms with E-state index in [4.69, 9.17) is 27.9 Å². The first-order valence-electron chi connectivity index (χ1n) is 7.91. The molecule has 132 valence electrons. The van der Waals surface area contributed by atoms with Crippen molar-refractivity contribution in [1.82, 2.24) is 0 Å². The standard InChI is InChI=1S/C21H16Cl2O3/c1-21(14-5-3-2-4-6-14,15-7-9-19(25)17(22)11-15)16-8-10-20(26-13-24)18(23)12-16/h2-13,25H,1H3. The van der Waals surface area contributed by atoms with Crippen LogP contribution >= 0.6 is 23.2 Å². The second-order valence-electron chi connectivity index (χ2n) is 6.02. The number of hydrogen-bond acceptors (Lipinski definition) is 3. The van der Waals surface area contributed by atoms with Crippen LogP contribution in [0.25, 0.3) is 0 Å². The van der Waals surface area contributed by atoms with Crippen molar-refractivity contribution in [2.75, 3.05) is 0 Å². The summed E-state index contributed by atoms with van der Waals surface area (Å²) in [6, 6.07) is 20.3. The normalized spacial score (nSPS) is 13.0. The molecule has 0 amide bonds. The number of carbonyl (C=O) groups excluding carboxylic acids is 1. The minimum Gasteiger partial charge on any atom is -0.506 e. The SMILES string of the molecule is CC(c1ccccc1)(c1ccc(O)c(Cl)c1)c1ccc(OC=O)c(Cl)c1. The average Bonchev–Trinajstić information content (AvgIpc) is 2.66. The van der Waals surface area contributed by atoms with Crippen LogP contribution in [0.5, 0.6) is 11.5 Å². The van der Waals surface area contributed by atoms with E-state index in [1.807, 2.05) is 42.5 Å². The van der Waals surface area contributed by atoms with Gasteiger partial charge in [0.25, 0.3) is 6.47 Å². The number of ether oxygens (including phenoxy) is 1. The van der Waals surface area contributed by atoms with E-state index in [9.17, 15) is 9.90 Å². The molecular formula is C21H16Cl2O3. The van der Waals surface area contributed by atoms with Crippen LogP contribution in [0, 0.1) is 0 Å². The summed E-state index contributed by atoms with van der Waals surface area (Å²) >= 11 is 12.5. The van der Waals surface area contributed by atoms with Crippen molar-refractivity contribution in [1.29, 1.82) is 0 Å². The van der Waals surface area contributed by atoms with Crippen LogP contribution in [-0.2, 0) is 10.2 Å². The molecule has 0 aromatic heterocycles. The van der Waals surface area contributed by atoms with Crippen molar-refractivity contribution >= 4 is 29.7 Å². The van der Waals surface area contributed by atoms with Crippen molar-refractivity contribution in [2.24, 2.45) is 0 Å². The second kappa shape index (κ2) is 7.40. The highest BCUT2D eigenvalue weighted by molar-refractivity contribution is 6.32. The molecule has 0 saturated heterocycles. The van der Waals surface area contributed by atoms with Crippen molar-refractivity contribution in [3.8, 4) is 11.5 Å². The molecule has 1 N–H and O–H groups in total. The van der Waals surface area contributed by atoms with Gasteiger partial charge in [0, 0.05) is 5.41 Å². The molecular weight excluding hydrogens is 371 g/mol. The first kappa shape index (κ1) is 18.3. The number of phenols is 1. The van der Waals surface area contributed by atoms with Crippen LogP contribution in [0.4, 0.5) is 0 Å². The molecule has 0 saturated carbocycles. The molecule has 0 aliphatic rings. The number of rotatable bonds is 5. The van der Waals surface area contributed by atoms with Gasteiger partial charge < -0.3 is 9.84 Å². The highest BCUT2D eigenvalue weighted by Crippen LogP contribution is 2.42. The van der Waals surface area contributed by atoms with E-state index in [2.05, 4.69) is 6.92 Å². The van der Waals surface area contributed by atoms with Gasteiger partial charge >= 0.3 is 0 Å². The van der Waals surface area contributed by atoms with Crippen molar-refractivity contribution < 1.29 is 14.6 Å². The number of halogens is 2.